The molecule has 1 heterocycles. The van der Waals surface area contributed by atoms with Gasteiger partial charge in [0.05, 0.1) is 26.1 Å². The summed E-state index contributed by atoms with van der Waals surface area (Å²) < 4.78 is 10.8. The van der Waals surface area contributed by atoms with Gasteiger partial charge in [-0.2, -0.15) is 0 Å². The highest BCUT2D eigenvalue weighted by Gasteiger charge is 2.26. The van der Waals surface area contributed by atoms with E-state index < -0.39 is 5.97 Å². The maximum absolute atomic E-state index is 12.1. The molecule has 1 aliphatic rings. The van der Waals surface area contributed by atoms with Crippen LogP contribution in [-0.2, 0) is 9.59 Å². The number of nitrogens with zero attached hydrogens (tertiary/aromatic N) is 1. The molecule has 0 saturated carbocycles. The number of likely N-dealkylation sites (tertiary alicyclic amines) is 1. The molecule has 1 amide bonds. The molecule has 0 unspecified atom stereocenters. The number of hydrogen-bond acceptors (Lipinski definition) is 4. The van der Waals surface area contributed by atoms with E-state index in [1.165, 1.54) is 0 Å². The average Bonchev–Trinajstić information content (AvgIpc) is 2.55. The molecule has 0 aromatic heterocycles. The number of para-hydroxylation sites is 2. The molecular formula is C16H21NO5. The van der Waals surface area contributed by atoms with E-state index in [2.05, 4.69) is 0 Å². The van der Waals surface area contributed by atoms with Crippen LogP contribution in [0.3, 0.4) is 0 Å². The van der Waals surface area contributed by atoms with Gasteiger partial charge in [-0.3, -0.25) is 9.59 Å². The number of carbonyl (C=O) groups is 2. The van der Waals surface area contributed by atoms with Crippen molar-refractivity contribution < 1.29 is 24.2 Å². The Balaban J connectivity index is 1.75. The number of aliphatic carboxylic acids is 1. The molecule has 1 aromatic carbocycles. The number of amides is 1. The zero-order valence-electron chi connectivity index (χ0n) is 12.7. The second-order valence-corrected chi connectivity index (χ2v) is 5.24. The molecule has 120 valence electrons. The highest BCUT2D eigenvalue weighted by Crippen LogP contribution is 2.26. The van der Waals surface area contributed by atoms with E-state index in [1.54, 1.807) is 24.1 Å². The molecule has 1 aromatic rings. The number of carboxylic acids is 1. The van der Waals surface area contributed by atoms with Crippen LogP contribution in [0.2, 0.25) is 0 Å². The third kappa shape index (κ3) is 4.13. The molecule has 1 N–H and O–H groups in total. The minimum Gasteiger partial charge on any atom is -0.493 e. The second-order valence-electron chi connectivity index (χ2n) is 5.24. The Kier molecular flexibility index (Phi) is 5.63. The molecule has 1 saturated heterocycles. The molecule has 1 aliphatic heterocycles. The summed E-state index contributed by atoms with van der Waals surface area (Å²) in [6.07, 6.45) is 1.32. The van der Waals surface area contributed by atoms with Gasteiger partial charge < -0.3 is 19.5 Å². The Labute approximate surface area is 129 Å². The Morgan fingerprint density at radius 2 is 1.86 bits per heavy atom. The normalized spacial score (nSPS) is 15.4. The number of piperidine rings is 1. The van der Waals surface area contributed by atoms with Gasteiger partial charge >= 0.3 is 5.97 Å². The summed E-state index contributed by atoms with van der Waals surface area (Å²) in [5.41, 5.74) is 0. The molecule has 0 atom stereocenters. The minimum atomic E-state index is -0.772. The van der Waals surface area contributed by atoms with E-state index in [0.29, 0.717) is 37.4 Å². The van der Waals surface area contributed by atoms with Crippen molar-refractivity contribution in [1.29, 1.82) is 0 Å². The van der Waals surface area contributed by atoms with Crippen LogP contribution in [0.1, 0.15) is 19.3 Å². The molecule has 2 rings (SSSR count). The van der Waals surface area contributed by atoms with Crippen molar-refractivity contribution in [2.45, 2.75) is 19.3 Å². The Bertz CT molecular complexity index is 523. The zero-order valence-corrected chi connectivity index (χ0v) is 12.7. The molecule has 0 bridgehead atoms. The first-order valence-corrected chi connectivity index (χ1v) is 7.38. The van der Waals surface area contributed by atoms with Gasteiger partial charge in [-0.15, -0.1) is 0 Å². The summed E-state index contributed by atoms with van der Waals surface area (Å²) in [5.74, 6) is 0.152. The first-order chi connectivity index (χ1) is 10.6. The van der Waals surface area contributed by atoms with Crippen molar-refractivity contribution in [3.63, 3.8) is 0 Å². The number of rotatable bonds is 6. The van der Waals surface area contributed by atoms with Crippen LogP contribution in [0.5, 0.6) is 11.5 Å². The standard InChI is InChI=1S/C16H21NO5/c1-21-13-4-2-3-5-14(13)22-11-8-15(18)17-9-6-12(7-10-17)16(19)20/h2-5,12H,6-11H2,1H3,(H,19,20). The van der Waals surface area contributed by atoms with Crippen molar-refractivity contribution in [1.82, 2.24) is 4.90 Å². The number of carbonyl (C=O) groups excluding carboxylic acids is 1. The summed E-state index contributed by atoms with van der Waals surface area (Å²) >= 11 is 0. The van der Waals surface area contributed by atoms with Crippen LogP contribution >= 0.6 is 0 Å². The molecular weight excluding hydrogens is 286 g/mol. The largest absolute Gasteiger partial charge is 0.493 e. The Morgan fingerprint density at radius 3 is 2.45 bits per heavy atom. The smallest absolute Gasteiger partial charge is 0.306 e. The van der Waals surface area contributed by atoms with Gasteiger partial charge in [0.1, 0.15) is 0 Å². The van der Waals surface area contributed by atoms with E-state index in [4.69, 9.17) is 14.6 Å². The molecule has 0 radical (unpaired) electrons. The summed E-state index contributed by atoms with van der Waals surface area (Å²) in [6.45, 7) is 1.28. The molecule has 1 fully saturated rings. The van der Waals surface area contributed by atoms with Gasteiger partial charge in [0.2, 0.25) is 5.91 Å². The van der Waals surface area contributed by atoms with Crippen LogP contribution in [0.25, 0.3) is 0 Å². The van der Waals surface area contributed by atoms with Gasteiger partial charge in [0.15, 0.2) is 11.5 Å². The van der Waals surface area contributed by atoms with Gasteiger partial charge in [-0.05, 0) is 25.0 Å². The quantitative estimate of drug-likeness (QED) is 0.867. The molecule has 6 nitrogen and oxygen atoms in total. The van der Waals surface area contributed by atoms with Crippen molar-refractivity contribution >= 4 is 11.9 Å². The van der Waals surface area contributed by atoms with Crippen LogP contribution in [-0.4, -0.2) is 48.7 Å². The van der Waals surface area contributed by atoms with Crippen molar-refractivity contribution in [3.05, 3.63) is 24.3 Å². The fourth-order valence-electron chi connectivity index (χ4n) is 2.52. The number of ether oxygens (including phenoxy) is 2. The zero-order chi connectivity index (χ0) is 15.9. The van der Waals surface area contributed by atoms with E-state index >= 15 is 0 Å². The third-order valence-corrected chi connectivity index (χ3v) is 3.84. The predicted molar refractivity (Wildman–Crippen MR) is 80.0 cm³/mol. The fourth-order valence-corrected chi connectivity index (χ4v) is 2.52. The van der Waals surface area contributed by atoms with Gasteiger partial charge in [-0.25, -0.2) is 0 Å². The van der Waals surface area contributed by atoms with Gasteiger partial charge in [0, 0.05) is 13.1 Å². The molecule has 6 heteroatoms. The van der Waals surface area contributed by atoms with E-state index in [1.807, 2.05) is 12.1 Å². The topological polar surface area (TPSA) is 76.1 Å². The average molecular weight is 307 g/mol. The lowest BCUT2D eigenvalue weighted by molar-refractivity contribution is -0.145. The second kappa shape index (κ2) is 7.68. The van der Waals surface area contributed by atoms with E-state index in [9.17, 15) is 9.59 Å². The summed E-state index contributed by atoms with van der Waals surface area (Å²) in [7, 11) is 1.57. The SMILES string of the molecule is COc1ccccc1OCCC(=O)N1CCC(C(=O)O)CC1. The summed E-state index contributed by atoms with van der Waals surface area (Å²) in [4.78, 5) is 24.7. The first kappa shape index (κ1) is 16.1. The third-order valence-electron chi connectivity index (χ3n) is 3.84. The van der Waals surface area contributed by atoms with Gasteiger partial charge in [-0.1, -0.05) is 12.1 Å². The van der Waals surface area contributed by atoms with Gasteiger partial charge in [0.25, 0.3) is 0 Å². The Hall–Kier alpha value is -2.24. The van der Waals surface area contributed by atoms with Crippen LogP contribution in [0.15, 0.2) is 24.3 Å². The molecule has 0 aliphatic carbocycles. The number of methoxy groups -OCH3 is 1. The number of carboxylic acid groups (broad SMARTS) is 1. The van der Waals surface area contributed by atoms with E-state index in [-0.39, 0.29) is 24.9 Å². The molecule has 22 heavy (non-hydrogen) atoms. The maximum Gasteiger partial charge on any atom is 0.306 e. The summed E-state index contributed by atoms with van der Waals surface area (Å²) in [5, 5.41) is 8.94. The first-order valence-electron chi connectivity index (χ1n) is 7.38. The van der Waals surface area contributed by atoms with E-state index in [0.717, 1.165) is 0 Å². The minimum absolute atomic E-state index is 0.00117. The lowest BCUT2D eigenvalue weighted by atomic mass is 9.97. The summed E-state index contributed by atoms with van der Waals surface area (Å²) in [6, 6.07) is 7.29. The lowest BCUT2D eigenvalue weighted by Crippen LogP contribution is -2.40. The molecule has 0 spiro atoms. The van der Waals surface area contributed by atoms with Crippen molar-refractivity contribution in [2.24, 2.45) is 5.92 Å². The van der Waals surface area contributed by atoms with Crippen LogP contribution in [0.4, 0.5) is 0 Å². The number of hydrogen-bond donors (Lipinski definition) is 1. The Morgan fingerprint density at radius 1 is 1.23 bits per heavy atom. The fraction of sp³-hybridized carbons (Fsp3) is 0.500. The van der Waals surface area contributed by atoms with Crippen molar-refractivity contribution in [2.75, 3.05) is 26.8 Å². The lowest BCUT2D eigenvalue weighted by Gasteiger charge is -2.30. The monoisotopic (exact) mass is 307 g/mol. The predicted octanol–water partition coefficient (Wildman–Crippen LogP) is 1.79. The van der Waals surface area contributed by atoms with Crippen LogP contribution in [0, 0.1) is 5.92 Å². The number of benzene rings is 1. The maximum atomic E-state index is 12.1. The highest BCUT2D eigenvalue weighted by molar-refractivity contribution is 5.77. The van der Waals surface area contributed by atoms with Crippen molar-refractivity contribution in [3.8, 4) is 11.5 Å². The highest BCUT2D eigenvalue weighted by atomic mass is 16.5. The van der Waals surface area contributed by atoms with Crippen LogP contribution < -0.4 is 9.47 Å².